The molecular formula is C41H50Cl3N21O6. The van der Waals surface area contributed by atoms with Gasteiger partial charge in [-0.15, -0.1) is 0 Å². The molecule has 7 heterocycles. The zero-order chi connectivity index (χ0) is 49.1. The predicted octanol–water partition coefficient (Wildman–Crippen LogP) is 1.76. The first-order chi connectivity index (χ1) is 34.4. The quantitative estimate of drug-likeness (QED) is 0.0694. The van der Waals surface area contributed by atoms with Crippen molar-refractivity contribution in [2.75, 3.05) is 21.3 Å². The maximum absolute atomic E-state index is 11.1. The fraction of sp³-hybridized carbons (Fsp3) is 0.585. The predicted molar refractivity (Wildman–Crippen MR) is 253 cm³/mol. The fourth-order valence-corrected chi connectivity index (χ4v) is 11.0. The van der Waals surface area contributed by atoms with Crippen molar-refractivity contribution >= 4 is 80.7 Å². The molecule has 8 atom stereocenters. The highest BCUT2D eigenvalue weighted by Crippen LogP contribution is 2.42. The van der Waals surface area contributed by atoms with Crippen molar-refractivity contribution in [2.45, 2.75) is 150 Å². The molecule has 0 aromatic carbocycles. The topological polar surface area (TPSA) is 357 Å². The second kappa shape index (κ2) is 19.7. The number of rotatable bonds is 14. The molecular weight excluding hydrogens is 989 g/mol. The second-order valence-electron chi connectivity index (χ2n) is 18.6. The molecule has 0 unspecified atom stereocenters. The van der Waals surface area contributed by atoms with Gasteiger partial charge in [-0.1, -0.05) is 0 Å². The van der Waals surface area contributed by atoms with Crippen molar-refractivity contribution in [3.05, 3.63) is 52.3 Å². The van der Waals surface area contributed by atoms with Gasteiger partial charge >= 0.3 is 0 Å². The van der Waals surface area contributed by atoms with Crippen LogP contribution in [-0.2, 0) is 13.2 Å². The minimum absolute atomic E-state index is 0.00636. The molecule has 7 aromatic heterocycles. The lowest BCUT2D eigenvalue weighted by atomic mass is 9.91. The highest BCUT2D eigenvalue weighted by molar-refractivity contribution is 6.29. The summed E-state index contributed by atoms with van der Waals surface area (Å²) in [7, 11) is 0. The van der Waals surface area contributed by atoms with Crippen LogP contribution in [0.5, 0.6) is 0 Å². The molecule has 0 amide bonds. The summed E-state index contributed by atoms with van der Waals surface area (Å²) in [4.78, 5) is 43.1. The van der Waals surface area contributed by atoms with Gasteiger partial charge in [-0.05, 0) is 99.0 Å². The molecule has 0 saturated heterocycles. The molecule has 4 fully saturated rings. The largest absolute Gasteiger partial charge is 0.390 e. The maximum atomic E-state index is 11.1. The molecule has 7 aromatic rings. The van der Waals surface area contributed by atoms with E-state index in [0.29, 0.717) is 57.2 Å². The van der Waals surface area contributed by atoms with Crippen LogP contribution < -0.4 is 21.3 Å². The number of aromatic nitrogens is 17. The Kier molecular flexibility index (Phi) is 13.2. The Bertz CT molecular complexity index is 2820. The molecule has 71 heavy (non-hydrogen) atoms. The molecule has 0 radical (unpaired) electrons. The summed E-state index contributed by atoms with van der Waals surface area (Å²) < 4.78 is 3.40. The summed E-state index contributed by atoms with van der Waals surface area (Å²) in [5.74, 6) is 1.69. The summed E-state index contributed by atoms with van der Waals surface area (Å²) in [6.07, 6.45) is 8.14. The summed E-state index contributed by atoms with van der Waals surface area (Å²) >= 11 is 19.3. The Hall–Kier alpha value is -5.78. The van der Waals surface area contributed by atoms with E-state index in [9.17, 15) is 30.6 Å². The van der Waals surface area contributed by atoms with Gasteiger partial charge in [0.05, 0.1) is 50.3 Å². The van der Waals surface area contributed by atoms with Crippen molar-refractivity contribution in [3.63, 3.8) is 0 Å². The van der Waals surface area contributed by atoms with Crippen LogP contribution >= 0.6 is 34.8 Å². The first-order valence-electron chi connectivity index (χ1n) is 23.4. The molecule has 0 bridgehead atoms. The van der Waals surface area contributed by atoms with Gasteiger partial charge in [-0.3, -0.25) is 0 Å². The van der Waals surface area contributed by atoms with Gasteiger partial charge in [0, 0.05) is 24.2 Å². The van der Waals surface area contributed by atoms with Crippen molar-refractivity contribution in [1.29, 1.82) is 0 Å². The lowest BCUT2D eigenvalue weighted by Crippen LogP contribution is -2.34. The smallest absolute Gasteiger partial charge is 0.229 e. The third-order valence-corrected chi connectivity index (χ3v) is 14.7. The SMILES string of the molecule is OCc1cnn([C@H]2C[C@@H](n3cnc4c(NC5CCC(Nc6nc(Cl)nc(NC7CCC(Nc8nc(Cl)nc9c8ncn9[C@@H]8C[C@H](n9ncc(CO)n9)[C@@H](O)[C@H]8O)CC7)n6)CC5)nc(Cl)nc43)[C@H](O)[C@@H]2O)n1. The summed E-state index contributed by atoms with van der Waals surface area (Å²) in [6, 6.07) is -2.25. The summed E-state index contributed by atoms with van der Waals surface area (Å²) in [6.45, 7) is -0.584. The third kappa shape index (κ3) is 9.45. The Morgan fingerprint density at radius 1 is 0.479 bits per heavy atom. The Morgan fingerprint density at radius 3 is 1.23 bits per heavy atom. The van der Waals surface area contributed by atoms with E-state index in [-0.39, 0.29) is 66.1 Å². The van der Waals surface area contributed by atoms with Gasteiger partial charge < -0.3 is 61.0 Å². The number of halogens is 3. The van der Waals surface area contributed by atoms with E-state index in [0.717, 1.165) is 51.4 Å². The van der Waals surface area contributed by atoms with Gasteiger partial charge in [-0.25, -0.2) is 9.97 Å². The minimum atomic E-state index is -1.17. The average molecular weight is 1040 g/mol. The molecule has 11 rings (SSSR count). The van der Waals surface area contributed by atoms with E-state index >= 15 is 0 Å². The monoisotopic (exact) mass is 1040 g/mol. The number of aliphatic hydroxyl groups excluding tert-OH is 6. The van der Waals surface area contributed by atoms with Crippen LogP contribution in [0.4, 0.5) is 23.5 Å². The highest BCUT2D eigenvalue weighted by atomic mass is 35.5. The normalized spacial score (nSPS) is 29.0. The van der Waals surface area contributed by atoms with Crippen LogP contribution in [0.25, 0.3) is 22.3 Å². The number of fused-ring (bicyclic) bond motifs is 2. The number of hydrogen-bond acceptors (Lipinski definition) is 23. The van der Waals surface area contributed by atoms with Crippen molar-refractivity contribution < 1.29 is 30.6 Å². The maximum Gasteiger partial charge on any atom is 0.229 e. The molecule has 30 heteroatoms. The Balaban J connectivity index is 0.676. The fourth-order valence-electron chi connectivity index (χ4n) is 10.5. The number of imidazole rings is 2. The molecule has 27 nitrogen and oxygen atoms in total. The van der Waals surface area contributed by atoms with Crippen LogP contribution in [0.1, 0.15) is 99.8 Å². The Labute approximate surface area is 417 Å². The first kappa shape index (κ1) is 47.5. The number of nitrogens with one attached hydrogen (secondary N) is 4. The van der Waals surface area contributed by atoms with Crippen LogP contribution in [0.15, 0.2) is 25.0 Å². The second-order valence-corrected chi connectivity index (χ2v) is 19.6. The number of aliphatic hydroxyl groups is 6. The number of anilines is 4. The molecule has 0 aliphatic heterocycles. The van der Waals surface area contributed by atoms with Gasteiger partial charge in [0.2, 0.25) is 27.7 Å². The van der Waals surface area contributed by atoms with E-state index in [1.165, 1.54) is 22.0 Å². The van der Waals surface area contributed by atoms with Crippen LogP contribution in [0.3, 0.4) is 0 Å². The van der Waals surface area contributed by atoms with Crippen molar-refractivity contribution in [3.8, 4) is 0 Å². The van der Waals surface area contributed by atoms with Crippen molar-refractivity contribution in [1.82, 2.24) is 84.0 Å². The molecule has 4 aliphatic carbocycles. The van der Waals surface area contributed by atoms with Gasteiger partial charge in [0.1, 0.15) is 47.9 Å². The zero-order valence-electron chi connectivity index (χ0n) is 37.6. The molecule has 4 aliphatic rings. The molecule has 4 saturated carbocycles. The van der Waals surface area contributed by atoms with Gasteiger partial charge in [-0.2, -0.15) is 64.9 Å². The molecule has 10 N–H and O–H groups in total. The van der Waals surface area contributed by atoms with Crippen molar-refractivity contribution in [2.24, 2.45) is 0 Å². The average Bonchev–Trinajstić information content (AvgIpc) is 4.24. The summed E-state index contributed by atoms with van der Waals surface area (Å²) in [5.41, 5.74) is 2.49. The van der Waals surface area contributed by atoms with E-state index in [4.69, 9.17) is 34.8 Å². The third-order valence-electron chi connectivity index (χ3n) is 14.2. The first-order valence-corrected chi connectivity index (χ1v) is 24.6. The van der Waals surface area contributed by atoms with Gasteiger partial charge in [0.15, 0.2) is 34.0 Å². The minimum Gasteiger partial charge on any atom is -0.390 e. The number of hydrogen-bond donors (Lipinski definition) is 10. The van der Waals surface area contributed by atoms with Crippen LogP contribution in [0.2, 0.25) is 15.9 Å². The highest BCUT2D eigenvalue weighted by Gasteiger charge is 2.47. The van der Waals surface area contributed by atoms with Crippen LogP contribution in [0, 0.1) is 0 Å². The van der Waals surface area contributed by atoms with E-state index < -0.39 is 48.6 Å². The zero-order valence-corrected chi connectivity index (χ0v) is 39.9. The van der Waals surface area contributed by atoms with Crippen LogP contribution in [-0.4, -0.2) is 163 Å². The lowest BCUT2D eigenvalue weighted by Gasteiger charge is -2.31. The van der Waals surface area contributed by atoms with E-state index in [1.54, 1.807) is 21.8 Å². The van der Waals surface area contributed by atoms with Gasteiger partial charge in [0.25, 0.3) is 0 Å². The molecule has 376 valence electrons. The Morgan fingerprint density at radius 2 is 0.845 bits per heavy atom. The van der Waals surface area contributed by atoms with E-state index in [2.05, 4.69) is 86.5 Å². The lowest BCUT2D eigenvalue weighted by molar-refractivity contribution is 0.00491. The molecule has 0 spiro atoms. The summed E-state index contributed by atoms with van der Waals surface area (Å²) in [5, 5.41) is 93.7. The number of nitrogens with zero attached hydrogens (tertiary/aromatic N) is 17. The standard InChI is InChI=1S/C41H50Cl3N21O6/c42-37-53-33(27-35(55-37)62(15-45-27)23-9-25(31(70)29(23)68)64-47-11-21(13-66)60-64)49-17-1-5-19(6-2-17)51-40-57-39(44)58-41(59-40)52-20-7-3-18(4-8-20)50-34-28-36(56-38(43)54-34)63(16-46-28)24-10-26(32(71)30(24)69)65-48-12-22(14-67)61-65/h11-12,15-20,23-26,29-32,66-71H,1-10,13-14H2,(H,49,53,55)(H,50,54,56)(H2,51,52,57,58,59)/t17?,18?,19?,20?,23-,24-,25+,26+,29+,30+,31-,32-/m1/s1. The van der Waals surface area contributed by atoms with E-state index in [1.807, 2.05) is 0 Å².